The zero-order chi connectivity index (χ0) is 51.7. The summed E-state index contributed by atoms with van der Waals surface area (Å²) in [5.41, 5.74) is -0.733. The summed E-state index contributed by atoms with van der Waals surface area (Å²) < 4.78 is 6.14. The van der Waals surface area contributed by atoms with Gasteiger partial charge in [0.05, 0.1) is 0 Å². The molecule has 0 aromatic heterocycles. The molecule has 0 radical (unpaired) electrons. The molecular formula is C64H125N3O4. The molecule has 1 fully saturated rings. The number of rotatable bonds is 55. The fraction of sp³-hybridized carbons (Fsp3) is 0.953. The van der Waals surface area contributed by atoms with Crippen molar-refractivity contribution in [3.05, 3.63) is 0 Å². The average molecular weight is 1000 g/mol. The second kappa shape index (κ2) is 49.3. The molecule has 0 aromatic rings. The van der Waals surface area contributed by atoms with Crippen LogP contribution in [0.15, 0.2) is 0 Å². The second-order valence-corrected chi connectivity index (χ2v) is 23.2. The van der Waals surface area contributed by atoms with Crippen LogP contribution in [0.3, 0.4) is 0 Å². The van der Waals surface area contributed by atoms with E-state index in [0.717, 1.165) is 103 Å². The van der Waals surface area contributed by atoms with Gasteiger partial charge >= 0.3 is 5.97 Å². The molecule has 0 atom stereocenters. The van der Waals surface area contributed by atoms with Crippen LogP contribution >= 0.6 is 0 Å². The Balaban J connectivity index is 2.91. The third kappa shape index (κ3) is 36.9. The summed E-state index contributed by atoms with van der Waals surface area (Å²) >= 11 is 0. The lowest BCUT2D eigenvalue weighted by Crippen LogP contribution is -2.65. The van der Waals surface area contributed by atoms with E-state index < -0.39 is 5.54 Å². The standard InChI is InChI=1S/C64H125N3O4/c1-7-11-15-19-23-25-27-29-31-33-35-40-49-59(50-41-36-34-32-30-28-26-24-20-16-12-8-2)62(69)67(58-47-39-46-57-66(5)6)64(54-48-55-64)63(70)65-56-45-44-53-61(68)71-60(51-42-37-21-17-13-9-3)52-43-38-22-18-14-10-4/h59-60H,7-58H2,1-6H3,(H,65,70). The van der Waals surface area contributed by atoms with Crippen LogP contribution in [0.25, 0.3) is 0 Å². The molecule has 1 saturated carbocycles. The lowest BCUT2D eigenvalue weighted by atomic mass is 9.73. The van der Waals surface area contributed by atoms with Crippen molar-refractivity contribution in [3.63, 3.8) is 0 Å². The highest BCUT2D eigenvalue weighted by atomic mass is 16.5. The summed E-state index contributed by atoms with van der Waals surface area (Å²) in [4.78, 5) is 47.1. The highest BCUT2D eigenvalue weighted by Crippen LogP contribution is 2.40. The molecule has 1 N–H and O–H groups in total. The lowest BCUT2D eigenvalue weighted by molar-refractivity contribution is -0.157. The Morgan fingerprint density at radius 2 is 0.789 bits per heavy atom. The molecule has 0 aromatic carbocycles. The highest BCUT2D eigenvalue weighted by molar-refractivity contribution is 5.93. The van der Waals surface area contributed by atoms with Gasteiger partial charge in [-0.1, -0.05) is 252 Å². The van der Waals surface area contributed by atoms with Crippen LogP contribution in [0.2, 0.25) is 0 Å². The molecule has 0 aliphatic heterocycles. The van der Waals surface area contributed by atoms with Crippen molar-refractivity contribution in [1.29, 1.82) is 0 Å². The van der Waals surface area contributed by atoms with Gasteiger partial charge in [-0.2, -0.15) is 0 Å². The molecule has 420 valence electrons. The second-order valence-electron chi connectivity index (χ2n) is 23.2. The number of hydrogen-bond acceptors (Lipinski definition) is 5. The number of unbranched alkanes of at least 4 members (excludes halogenated alkanes) is 35. The van der Waals surface area contributed by atoms with Crippen molar-refractivity contribution in [2.24, 2.45) is 5.92 Å². The van der Waals surface area contributed by atoms with E-state index in [4.69, 9.17) is 4.74 Å². The first kappa shape index (κ1) is 67.4. The number of carbonyl (C=O) groups excluding carboxylic acids is 3. The van der Waals surface area contributed by atoms with Crippen LogP contribution in [0.4, 0.5) is 0 Å². The number of nitrogens with zero attached hydrogens (tertiary/aromatic N) is 2. The molecular weight excluding hydrogens is 875 g/mol. The molecule has 1 aliphatic carbocycles. The molecule has 1 rings (SSSR count). The molecule has 1 aliphatic rings. The normalized spacial score (nSPS) is 13.4. The first-order chi connectivity index (χ1) is 34.7. The van der Waals surface area contributed by atoms with Gasteiger partial charge in [0.2, 0.25) is 11.8 Å². The minimum Gasteiger partial charge on any atom is -0.462 e. The fourth-order valence-corrected chi connectivity index (χ4v) is 11.2. The highest BCUT2D eigenvalue weighted by Gasteiger charge is 2.51. The summed E-state index contributed by atoms with van der Waals surface area (Å²) in [6.07, 6.45) is 58.2. The predicted molar refractivity (Wildman–Crippen MR) is 308 cm³/mol. The van der Waals surface area contributed by atoms with Gasteiger partial charge in [-0.05, 0) is 104 Å². The van der Waals surface area contributed by atoms with Crippen molar-refractivity contribution in [1.82, 2.24) is 15.1 Å². The topological polar surface area (TPSA) is 79.0 Å². The summed E-state index contributed by atoms with van der Waals surface area (Å²) in [5, 5.41) is 3.32. The molecule has 7 nitrogen and oxygen atoms in total. The van der Waals surface area contributed by atoms with Gasteiger partial charge in [0.15, 0.2) is 0 Å². The van der Waals surface area contributed by atoms with Crippen molar-refractivity contribution in [3.8, 4) is 0 Å². The van der Waals surface area contributed by atoms with Gasteiger partial charge in [0.1, 0.15) is 11.6 Å². The molecule has 2 amide bonds. The van der Waals surface area contributed by atoms with Gasteiger partial charge < -0.3 is 19.9 Å². The summed E-state index contributed by atoms with van der Waals surface area (Å²) in [6.45, 7) is 11.4. The number of nitrogens with one attached hydrogen (secondary N) is 1. The van der Waals surface area contributed by atoms with Crippen LogP contribution in [-0.2, 0) is 19.1 Å². The van der Waals surface area contributed by atoms with E-state index in [1.807, 2.05) is 0 Å². The molecule has 0 unspecified atom stereocenters. The third-order valence-electron chi connectivity index (χ3n) is 16.2. The quantitative estimate of drug-likeness (QED) is 0.0485. The van der Waals surface area contributed by atoms with Crippen LogP contribution in [0.5, 0.6) is 0 Å². The SMILES string of the molecule is CCCCCCCCCCCCCCC(CCCCCCCCCCCCCC)C(=O)N(CCCCCN(C)C)C1(C(=O)NCCCCC(=O)OC(CCCCCCCC)CCCCCCCC)CCC1. The van der Waals surface area contributed by atoms with Gasteiger partial charge in [-0.25, -0.2) is 0 Å². The van der Waals surface area contributed by atoms with Gasteiger partial charge in [0.25, 0.3) is 0 Å². The van der Waals surface area contributed by atoms with E-state index in [-0.39, 0.29) is 29.8 Å². The Bertz CT molecular complexity index is 1140. The van der Waals surface area contributed by atoms with Crippen molar-refractivity contribution < 1.29 is 19.1 Å². The van der Waals surface area contributed by atoms with Gasteiger partial charge in [-0.3, -0.25) is 14.4 Å². The van der Waals surface area contributed by atoms with E-state index in [2.05, 4.69) is 56.9 Å². The average Bonchev–Trinajstić information content (AvgIpc) is 3.34. The minimum atomic E-state index is -0.733. The van der Waals surface area contributed by atoms with E-state index in [1.165, 1.54) is 205 Å². The Morgan fingerprint density at radius 3 is 1.15 bits per heavy atom. The first-order valence-electron chi connectivity index (χ1n) is 32.2. The van der Waals surface area contributed by atoms with E-state index >= 15 is 4.79 Å². The predicted octanol–water partition coefficient (Wildman–Crippen LogP) is 19.0. The number of carbonyl (C=O) groups is 3. The van der Waals surface area contributed by atoms with Crippen molar-refractivity contribution in [2.75, 3.05) is 33.7 Å². The maximum atomic E-state index is 15.1. The van der Waals surface area contributed by atoms with E-state index in [9.17, 15) is 9.59 Å². The van der Waals surface area contributed by atoms with Crippen molar-refractivity contribution >= 4 is 17.8 Å². The maximum Gasteiger partial charge on any atom is 0.306 e. The molecule has 0 bridgehead atoms. The minimum absolute atomic E-state index is 0.00486. The van der Waals surface area contributed by atoms with Gasteiger partial charge in [-0.15, -0.1) is 0 Å². The number of esters is 1. The zero-order valence-electron chi connectivity index (χ0n) is 49.0. The molecule has 0 heterocycles. The zero-order valence-corrected chi connectivity index (χ0v) is 49.0. The lowest BCUT2D eigenvalue weighted by Gasteiger charge is -2.50. The van der Waals surface area contributed by atoms with Crippen molar-refractivity contribution in [2.45, 2.75) is 354 Å². The number of amides is 2. The Labute approximate surface area is 443 Å². The van der Waals surface area contributed by atoms with Crippen LogP contribution in [-0.4, -0.2) is 73.0 Å². The first-order valence-corrected chi connectivity index (χ1v) is 32.2. The monoisotopic (exact) mass is 1000 g/mol. The van der Waals surface area contributed by atoms with Gasteiger partial charge in [0, 0.05) is 25.4 Å². The van der Waals surface area contributed by atoms with E-state index in [1.54, 1.807) is 0 Å². The molecule has 71 heavy (non-hydrogen) atoms. The molecule has 0 saturated heterocycles. The van der Waals surface area contributed by atoms with E-state index in [0.29, 0.717) is 25.9 Å². The Kier molecular flexibility index (Phi) is 46.8. The number of hydrogen-bond donors (Lipinski definition) is 1. The third-order valence-corrected chi connectivity index (χ3v) is 16.2. The Hall–Kier alpha value is -1.63. The summed E-state index contributed by atoms with van der Waals surface area (Å²) in [5.74, 6) is 0.232. The summed E-state index contributed by atoms with van der Waals surface area (Å²) in [7, 11) is 4.26. The van der Waals surface area contributed by atoms with Crippen LogP contribution in [0, 0.1) is 5.92 Å². The Morgan fingerprint density at radius 1 is 0.437 bits per heavy atom. The van der Waals surface area contributed by atoms with Crippen LogP contribution < -0.4 is 5.32 Å². The summed E-state index contributed by atoms with van der Waals surface area (Å²) in [6, 6.07) is 0. The smallest absolute Gasteiger partial charge is 0.306 e. The molecule has 0 spiro atoms. The fourth-order valence-electron chi connectivity index (χ4n) is 11.2. The number of ether oxygens (including phenoxy) is 1. The largest absolute Gasteiger partial charge is 0.462 e. The maximum absolute atomic E-state index is 15.1. The van der Waals surface area contributed by atoms with Crippen LogP contribution in [0.1, 0.15) is 342 Å². The molecule has 7 heteroatoms.